The van der Waals surface area contributed by atoms with Gasteiger partial charge < -0.3 is 9.63 Å². The number of carbonyl (C=O) groups excluding carboxylic acids is 1. The van der Waals surface area contributed by atoms with Gasteiger partial charge in [-0.05, 0) is 60.1 Å². The Morgan fingerprint density at radius 3 is 2.86 bits per heavy atom. The number of aliphatic hydroxyl groups excluding tert-OH is 1. The highest BCUT2D eigenvalue weighted by Crippen LogP contribution is 2.38. The Hall–Kier alpha value is -2.79. The zero-order valence-corrected chi connectivity index (χ0v) is 16.2. The van der Waals surface area contributed by atoms with Gasteiger partial charge in [-0.1, -0.05) is 36.3 Å². The molecule has 5 heteroatoms. The fraction of sp³-hybridized carbons (Fsp3) is 0.348. The number of rotatable bonds is 6. The Bertz CT molecular complexity index is 1020. The molecule has 0 spiro atoms. The van der Waals surface area contributed by atoms with Crippen molar-refractivity contribution < 1.29 is 14.4 Å². The highest BCUT2D eigenvalue weighted by molar-refractivity contribution is 5.98. The Morgan fingerprint density at radius 2 is 2.11 bits per heavy atom. The zero-order valence-electron chi connectivity index (χ0n) is 16.2. The molecule has 1 aliphatic carbocycles. The normalized spacial score (nSPS) is 15.6. The van der Waals surface area contributed by atoms with E-state index in [1.54, 1.807) is 0 Å². The second-order valence-electron chi connectivity index (χ2n) is 7.45. The molecule has 0 saturated carbocycles. The quantitative estimate of drug-likeness (QED) is 0.645. The van der Waals surface area contributed by atoms with Crippen molar-refractivity contribution in [3.63, 3.8) is 0 Å². The van der Waals surface area contributed by atoms with E-state index in [4.69, 9.17) is 4.52 Å². The van der Waals surface area contributed by atoms with E-state index in [0.29, 0.717) is 18.1 Å². The summed E-state index contributed by atoms with van der Waals surface area (Å²) < 4.78 is 5.22. The van der Waals surface area contributed by atoms with E-state index in [9.17, 15) is 9.90 Å². The highest BCUT2D eigenvalue weighted by atomic mass is 16.5. The first-order chi connectivity index (χ1) is 13.6. The van der Waals surface area contributed by atoms with Crippen molar-refractivity contribution in [3.8, 4) is 11.4 Å². The van der Waals surface area contributed by atoms with Gasteiger partial charge in [0.1, 0.15) is 0 Å². The van der Waals surface area contributed by atoms with Crippen LogP contribution in [-0.4, -0.2) is 21.0 Å². The topological polar surface area (TPSA) is 76.2 Å². The minimum Gasteiger partial charge on any atom is -0.392 e. The number of aliphatic hydroxyl groups is 1. The number of nitrogens with zero attached hydrogens (tertiary/aromatic N) is 2. The molecule has 5 nitrogen and oxygen atoms in total. The van der Waals surface area contributed by atoms with E-state index in [1.165, 1.54) is 11.1 Å². The van der Waals surface area contributed by atoms with Crippen LogP contribution in [0.3, 0.4) is 0 Å². The van der Waals surface area contributed by atoms with Crippen LogP contribution in [0.15, 0.2) is 40.9 Å². The minimum atomic E-state index is -0.0502. The Balaban J connectivity index is 1.54. The largest absolute Gasteiger partial charge is 0.392 e. The van der Waals surface area contributed by atoms with E-state index in [-0.39, 0.29) is 18.3 Å². The van der Waals surface area contributed by atoms with Gasteiger partial charge in [0.2, 0.25) is 11.7 Å². The van der Waals surface area contributed by atoms with Gasteiger partial charge in [-0.15, -0.1) is 0 Å². The number of carbonyl (C=O) groups is 1. The molecule has 1 N–H and O–H groups in total. The molecule has 0 amide bonds. The smallest absolute Gasteiger partial charge is 0.226 e. The monoisotopic (exact) mass is 376 g/mol. The van der Waals surface area contributed by atoms with Crippen LogP contribution in [0, 0.1) is 6.92 Å². The van der Waals surface area contributed by atoms with Gasteiger partial charge in [0.15, 0.2) is 5.78 Å². The summed E-state index contributed by atoms with van der Waals surface area (Å²) in [6, 6.07) is 11.8. The Kier molecular flexibility index (Phi) is 5.09. The summed E-state index contributed by atoms with van der Waals surface area (Å²) in [5.74, 6) is 1.63. The van der Waals surface area contributed by atoms with Gasteiger partial charge >= 0.3 is 0 Å². The number of Topliss-reactive ketones (excluding diaryl/α,β-unsaturated/α-hetero) is 1. The van der Waals surface area contributed by atoms with Crippen molar-refractivity contribution in [2.24, 2.45) is 0 Å². The minimum absolute atomic E-state index is 0.0502. The Labute approximate surface area is 164 Å². The van der Waals surface area contributed by atoms with Gasteiger partial charge in [0, 0.05) is 24.0 Å². The lowest BCUT2D eigenvalue weighted by molar-refractivity contribution is 0.0973. The number of aromatic nitrogens is 2. The van der Waals surface area contributed by atoms with Gasteiger partial charge in [-0.3, -0.25) is 4.79 Å². The van der Waals surface area contributed by atoms with E-state index in [2.05, 4.69) is 22.3 Å². The molecule has 0 radical (unpaired) electrons. The molecule has 28 heavy (non-hydrogen) atoms. The lowest BCUT2D eigenvalue weighted by Crippen LogP contribution is -2.08. The average Bonchev–Trinajstić information content (AvgIpc) is 3.35. The summed E-state index contributed by atoms with van der Waals surface area (Å²) in [5, 5.41) is 13.4. The molecular weight excluding hydrogens is 352 g/mol. The third-order valence-electron chi connectivity index (χ3n) is 5.59. The van der Waals surface area contributed by atoms with Gasteiger partial charge in [-0.2, -0.15) is 4.98 Å². The summed E-state index contributed by atoms with van der Waals surface area (Å²) in [4.78, 5) is 17.3. The predicted octanol–water partition coefficient (Wildman–Crippen LogP) is 4.40. The van der Waals surface area contributed by atoms with Crippen LogP contribution in [0.1, 0.15) is 64.2 Å². The average molecular weight is 376 g/mol. The molecule has 0 bridgehead atoms. The standard InChI is InChI=1S/C23H24N2O3/c1-3-22-24-23(25-28-22)18-8-9-19-16(11-18)6-7-17(19)12-21(27)20-10-15(13-26)5-4-14(20)2/h4-5,8-11,17,26H,3,6-7,12-13H2,1-2H3/t17-/m0/s1. The maximum atomic E-state index is 12.9. The molecule has 4 rings (SSSR count). The highest BCUT2D eigenvalue weighted by Gasteiger charge is 2.26. The van der Waals surface area contributed by atoms with E-state index < -0.39 is 0 Å². The molecule has 3 aromatic rings. The van der Waals surface area contributed by atoms with Gasteiger partial charge in [0.05, 0.1) is 6.61 Å². The third-order valence-corrected chi connectivity index (χ3v) is 5.59. The van der Waals surface area contributed by atoms with Gasteiger partial charge in [0.25, 0.3) is 0 Å². The van der Waals surface area contributed by atoms with Crippen LogP contribution >= 0.6 is 0 Å². The predicted molar refractivity (Wildman–Crippen MR) is 106 cm³/mol. The van der Waals surface area contributed by atoms with E-state index in [0.717, 1.165) is 41.5 Å². The second kappa shape index (κ2) is 7.68. The van der Waals surface area contributed by atoms with E-state index >= 15 is 0 Å². The van der Waals surface area contributed by atoms with Crippen LogP contribution in [0.4, 0.5) is 0 Å². The second-order valence-corrected chi connectivity index (χ2v) is 7.45. The number of aryl methyl sites for hydroxylation is 3. The zero-order chi connectivity index (χ0) is 19.7. The molecule has 1 aliphatic rings. The van der Waals surface area contributed by atoms with Crippen molar-refractivity contribution in [2.75, 3.05) is 0 Å². The van der Waals surface area contributed by atoms with Crippen molar-refractivity contribution in [1.82, 2.24) is 10.1 Å². The SMILES string of the molecule is CCc1nc(-c2ccc3c(c2)CC[C@H]3CC(=O)c2cc(CO)ccc2C)no1. The number of benzene rings is 2. The molecule has 0 aliphatic heterocycles. The molecule has 1 aromatic heterocycles. The fourth-order valence-corrected chi connectivity index (χ4v) is 3.97. The first-order valence-corrected chi connectivity index (χ1v) is 9.78. The number of fused-ring (bicyclic) bond motifs is 1. The van der Waals surface area contributed by atoms with Crippen molar-refractivity contribution in [2.45, 2.75) is 52.1 Å². The molecule has 2 aromatic carbocycles. The molecule has 144 valence electrons. The third kappa shape index (κ3) is 3.50. The molecular formula is C23H24N2O3. The molecule has 1 atom stereocenters. The van der Waals surface area contributed by atoms with Crippen LogP contribution in [0.5, 0.6) is 0 Å². The van der Waals surface area contributed by atoms with Crippen LogP contribution < -0.4 is 0 Å². The number of hydrogen-bond donors (Lipinski definition) is 1. The Morgan fingerprint density at radius 1 is 1.25 bits per heavy atom. The molecule has 0 fully saturated rings. The summed E-state index contributed by atoms with van der Waals surface area (Å²) >= 11 is 0. The van der Waals surface area contributed by atoms with Crippen LogP contribution in [0.2, 0.25) is 0 Å². The van der Waals surface area contributed by atoms with Gasteiger partial charge in [-0.25, -0.2) is 0 Å². The molecule has 1 heterocycles. The van der Waals surface area contributed by atoms with Crippen molar-refractivity contribution >= 4 is 5.78 Å². The van der Waals surface area contributed by atoms with E-state index in [1.807, 2.05) is 38.1 Å². The lowest BCUT2D eigenvalue weighted by Gasteiger charge is -2.13. The lowest BCUT2D eigenvalue weighted by atomic mass is 9.90. The first kappa shape index (κ1) is 18.6. The summed E-state index contributed by atoms with van der Waals surface area (Å²) in [7, 11) is 0. The maximum Gasteiger partial charge on any atom is 0.226 e. The van der Waals surface area contributed by atoms with Crippen molar-refractivity contribution in [3.05, 3.63) is 70.1 Å². The maximum absolute atomic E-state index is 12.9. The number of hydrogen-bond acceptors (Lipinski definition) is 5. The summed E-state index contributed by atoms with van der Waals surface area (Å²) in [6.07, 6.45) is 3.13. The summed E-state index contributed by atoms with van der Waals surface area (Å²) in [5.41, 5.74) is 5.92. The molecule has 0 unspecified atom stereocenters. The molecule has 0 saturated heterocycles. The number of ketones is 1. The van der Waals surface area contributed by atoms with Crippen LogP contribution in [-0.2, 0) is 19.4 Å². The van der Waals surface area contributed by atoms with Crippen LogP contribution in [0.25, 0.3) is 11.4 Å². The summed E-state index contributed by atoms with van der Waals surface area (Å²) in [6.45, 7) is 3.88. The fourth-order valence-electron chi connectivity index (χ4n) is 3.97. The first-order valence-electron chi connectivity index (χ1n) is 9.78. The van der Waals surface area contributed by atoms with Crippen molar-refractivity contribution in [1.29, 1.82) is 0 Å².